The molecule has 1 aromatic carbocycles. The highest BCUT2D eigenvalue weighted by Gasteiger charge is 2.28. The molecular formula is C23H29NO4. The summed E-state index contributed by atoms with van der Waals surface area (Å²) < 4.78 is 5.49. The Bertz CT molecular complexity index is 894. The number of likely N-dealkylation sites (tertiary alicyclic amines) is 1. The van der Waals surface area contributed by atoms with Crippen LogP contribution in [0.1, 0.15) is 78.6 Å². The molecule has 1 aliphatic heterocycles. The van der Waals surface area contributed by atoms with Crippen molar-refractivity contribution >= 4 is 5.91 Å². The summed E-state index contributed by atoms with van der Waals surface area (Å²) in [7, 11) is 0. The number of nitrogens with zero attached hydrogens (tertiary/aromatic N) is 1. The van der Waals surface area contributed by atoms with E-state index in [4.69, 9.17) is 4.42 Å². The molecule has 1 unspecified atom stereocenters. The summed E-state index contributed by atoms with van der Waals surface area (Å²) in [6, 6.07) is 9.15. The zero-order chi connectivity index (χ0) is 20.3. The van der Waals surface area contributed by atoms with Gasteiger partial charge in [0.15, 0.2) is 0 Å². The van der Waals surface area contributed by atoms with Gasteiger partial charge >= 0.3 is 5.63 Å². The average molecular weight is 383 g/mol. The smallest absolute Gasteiger partial charge is 0.349 e. The predicted molar refractivity (Wildman–Crippen MR) is 109 cm³/mol. The molecular weight excluding hydrogens is 354 g/mol. The van der Waals surface area contributed by atoms with Gasteiger partial charge in [0, 0.05) is 19.0 Å². The van der Waals surface area contributed by atoms with Crippen LogP contribution in [0, 0.1) is 6.92 Å². The zero-order valence-corrected chi connectivity index (χ0v) is 16.9. The highest BCUT2D eigenvalue weighted by Crippen LogP contribution is 2.30. The van der Waals surface area contributed by atoms with Crippen LogP contribution in [0.2, 0.25) is 0 Å². The lowest BCUT2D eigenvalue weighted by Gasteiger charge is -2.32. The largest absolute Gasteiger partial charge is 0.508 e. The fraction of sp³-hybridized carbons (Fsp3) is 0.478. The minimum absolute atomic E-state index is 0.156. The van der Waals surface area contributed by atoms with Crippen molar-refractivity contribution in [1.29, 1.82) is 0 Å². The lowest BCUT2D eigenvalue weighted by Crippen LogP contribution is -2.40. The fourth-order valence-corrected chi connectivity index (χ4v) is 4.06. The number of piperidine rings is 1. The molecule has 0 spiro atoms. The Balaban J connectivity index is 1.72. The highest BCUT2D eigenvalue weighted by atomic mass is 16.4. The monoisotopic (exact) mass is 383 g/mol. The first kappa shape index (κ1) is 20.2. The Labute approximate surface area is 166 Å². The molecule has 1 atom stereocenters. The maximum absolute atomic E-state index is 13.0. The van der Waals surface area contributed by atoms with Gasteiger partial charge in [-0.3, -0.25) is 4.79 Å². The first-order valence-corrected chi connectivity index (χ1v) is 10.1. The Morgan fingerprint density at radius 3 is 2.61 bits per heavy atom. The van der Waals surface area contributed by atoms with Crippen LogP contribution >= 0.6 is 0 Å². The number of benzene rings is 1. The number of aromatic hydroxyl groups is 1. The van der Waals surface area contributed by atoms with E-state index in [9.17, 15) is 14.7 Å². The summed E-state index contributed by atoms with van der Waals surface area (Å²) in [5.74, 6) is 1.16. The number of phenolic OH excluding ortho intramolecular Hbond substituents is 1. The van der Waals surface area contributed by atoms with E-state index in [2.05, 4.69) is 6.92 Å². The molecule has 0 aliphatic carbocycles. The van der Waals surface area contributed by atoms with Crippen molar-refractivity contribution in [2.24, 2.45) is 0 Å². The van der Waals surface area contributed by atoms with Gasteiger partial charge in [0.2, 0.25) is 0 Å². The lowest BCUT2D eigenvalue weighted by molar-refractivity contribution is 0.0707. The summed E-state index contributed by atoms with van der Waals surface area (Å²) in [6.45, 7) is 7.12. The maximum Gasteiger partial charge on any atom is 0.349 e. The molecule has 0 saturated carbocycles. The average Bonchev–Trinajstić information content (AvgIpc) is 2.67. The molecule has 2 aromatic rings. The molecule has 1 N–H and O–H groups in total. The quantitative estimate of drug-likeness (QED) is 0.820. The molecule has 2 heterocycles. The number of phenols is 1. The van der Waals surface area contributed by atoms with Crippen LogP contribution in [-0.2, 0) is 0 Å². The second-order valence-corrected chi connectivity index (χ2v) is 7.85. The first-order valence-electron chi connectivity index (χ1n) is 10.1. The van der Waals surface area contributed by atoms with E-state index in [1.807, 2.05) is 32.0 Å². The molecule has 150 valence electrons. The number of aryl methyl sites for hydroxylation is 1. The molecule has 1 saturated heterocycles. The van der Waals surface area contributed by atoms with Gasteiger partial charge in [-0.15, -0.1) is 0 Å². The molecule has 3 rings (SSSR count). The van der Waals surface area contributed by atoms with E-state index >= 15 is 0 Å². The third-order valence-electron chi connectivity index (χ3n) is 5.71. The molecule has 1 aromatic heterocycles. The molecule has 28 heavy (non-hydrogen) atoms. The van der Waals surface area contributed by atoms with Crippen molar-refractivity contribution in [2.75, 3.05) is 13.1 Å². The van der Waals surface area contributed by atoms with E-state index in [0.717, 1.165) is 31.2 Å². The lowest BCUT2D eigenvalue weighted by atomic mass is 9.89. The van der Waals surface area contributed by atoms with Crippen LogP contribution in [0.3, 0.4) is 0 Å². The number of carbonyl (C=O) groups excluding carboxylic acids is 1. The van der Waals surface area contributed by atoms with Crippen LogP contribution in [0.15, 0.2) is 39.5 Å². The van der Waals surface area contributed by atoms with Crippen LogP contribution in [-0.4, -0.2) is 29.0 Å². The number of hydrogen-bond donors (Lipinski definition) is 1. The van der Waals surface area contributed by atoms with Crippen molar-refractivity contribution < 1.29 is 14.3 Å². The zero-order valence-electron chi connectivity index (χ0n) is 16.9. The summed E-state index contributed by atoms with van der Waals surface area (Å²) in [5, 5.41) is 9.68. The molecule has 1 fully saturated rings. The van der Waals surface area contributed by atoms with Gasteiger partial charge in [0.05, 0.1) is 0 Å². The van der Waals surface area contributed by atoms with Gasteiger partial charge in [-0.1, -0.05) is 32.4 Å². The van der Waals surface area contributed by atoms with E-state index < -0.39 is 5.63 Å². The van der Waals surface area contributed by atoms with E-state index in [1.165, 1.54) is 0 Å². The Hall–Kier alpha value is -2.56. The van der Waals surface area contributed by atoms with Crippen molar-refractivity contribution in [3.05, 3.63) is 63.2 Å². The molecule has 0 radical (unpaired) electrons. The minimum atomic E-state index is -0.530. The highest BCUT2D eigenvalue weighted by molar-refractivity contribution is 5.95. The standard InChI is InChI=1S/C23H29NO4/c1-4-6-15(2)20-13-16(3)21(23(27)28-20)22(26)24-11-9-17(10-12-24)18-7-5-8-19(25)14-18/h5,7-8,13-15,17,25H,4,6,9-12H2,1-3H3. The maximum atomic E-state index is 13.0. The van der Waals surface area contributed by atoms with Crippen LogP contribution in [0.25, 0.3) is 0 Å². The third kappa shape index (κ3) is 4.29. The third-order valence-corrected chi connectivity index (χ3v) is 5.71. The second kappa shape index (κ2) is 8.63. The summed E-state index contributed by atoms with van der Waals surface area (Å²) in [4.78, 5) is 27.3. The van der Waals surface area contributed by atoms with Crippen LogP contribution < -0.4 is 5.63 Å². The van der Waals surface area contributed by atoms with Crippen molar-refractivity contribution in [1.82, 2.24) is 4.90 Å². The van der Waals surface area contributed by atoms with Gasteiger partial charge in [0.25, 0.3) is 5.91 Å². The molecule has 0 bridgehead atoms. The Morgan fingerprint density at radius 1 is 1.29 bits per heavy atom. The van der Waals surface area contributed by atoms with Crippen LogP contribution in [0.4, 0.5) is 0 Å². The summed E-state index contributed by atoms with van der Waals surface area (Å²) >= 11 is 0. The molecule has 1 aliphatic rings. The van der Waals surface area contributed by atoms with E-state index in [-0.39, 0.29) is 23.1 Å². The van der Waals surface area contributed by atoms with Crippen molar-refractivity contribution in [2.45, 2.75) is 58.3 Å². The molecule has 5 heteroatoms. The topological polar surface area (TPSA) is 70.8 Å². The Kier molecular flexibility index (Phi) is 6.22. The van der Waals surface area contributed by atoms with Crippen LogP contribution in [0.5, 0.6) is 5.75 Å². The van der Waals surface area contributed by atoms with Gasteiger partial charge < -0.3 is 14.4 Å². The van der Waals surface area contributed by atoms with Gasteiger partial charge in [0.1, 0.15) is 17.1 Å². The molecule has 5 nitrogen and oxygen atoms in total. The number of rotatable bonds is 5. The number of carbonyl (C=O) groups is 1. The number of hydrogen-bond acceptors (Lipinski definition) is 4. The molecule has 1 amide bonds. The predicted octanol–water partition coefficient (Wildman–Crippen LogP) is 4.58. The summed E-state index contributed by atoms with van der Waals surface area (Å²) in [5.41, 5.74) is 1.41. The van der Waals surface area contributed by atoms with Gasteiger partial charge in [-0.2, -0.15) is 0 Å². The second-order valence-electron chi connectivity index (χ2n) is 7.85. The van der Waals surface area contributed by atoms with Gasteiger partial charge in [-0.05, 0) is 61.4 Å². The van der Waals surface area contributed by atoms with E-state index in [0.29, 0.717) is 30.3 Å². The van der Waals surface area contributed by atoms with Gasteiger partial charge in [-0.25, -0.2) is 4.79 Å². The SMILES string of the molecule is CCCC(C)c1cc(C)c(C(=O)N2CCC(c3cccc(O)c3)CC2)c(=O)o1. The number of amides is 1. The Morgan fingerprint density at radius 2 is 2.00 bits per heavy atom. The summed E-state index contributed by atoms with van der Waals surface area (Å²) in [6.07, 6.45) is 3.58. The normalized spacial score (nSPS) is 16.2. The van der Waals surface area contributed by atoms with Crippen molar-refractivity contribution in [3.8, 4) is 5.75 Å². The van der Waals surface area contributed by atoms with E-state index in [1.54, 1.807) is 17.0 Å². The van der Waals surface area contributed by atoms with Crippen molar-refractivity contribution in [3.63, 3.8) is 0 Å². The fourth-order valence-electron chi connectivity index (χ4n) is 4.06. The minimum Gasteiger partial charge on any atom is -0.508 e. The first-order chi connectivity index (χ1) is 13.4.